The Morgan fingerprint density at radius 1 is 1.38 bits per heavy atom. The van der Waals surface area contributed by atoms with E-state index in [1.807, 2.05) is 0 Å². The zero-order valence-electron chi connectivity index (χ0n) is 13.4. The molecule has 0 aliphatic carbocycles. The van der Waals surface area contributed by atoms with Crippen molar-refractivity contribution in [1.29, 1.82) is 0 Å². The van der Waals surface area contributed by atoms with Crippen LogP contribution >= 0.6 is 0 Å². The number of piperidine rings is 1. The molecule has 132 valence electrons. The van der Waals surface area contributed by atoms with Crippen molar-refractivity contribution >= 4 is 27.6 Å². The van der Waals surface area contributed by atoms with E-state index in [0.29, 0.717) is 12.2 Å². The summed E-state index contributed by atoms with van der Waals surface area (Å²) >= 11 is 0. The van der Waals surface area contributed by atoms with Crippen molar-refractivity contribution in [2.75, 3.05) is 32.1 Å². The van der Waals surface area contributed by atoms with Crippen LogP contribution in [0.3, 0.4) is 0 Å². The number of carbonyl (C=O) groups is 2. The van der Waals surface area contributed by atoms with E-state index in [1.165, 1.54) is 25.3 Å². The van der Waals surface area contributed by atoms with Crippen LogP contribution in [0.4, 0.5) is 5.69 Å². The van der Waals surface area contributed by atoms with Gasteiger partial charge in [0.2, 0.25) is 15.9 Å². The Hall–Kier alpha value is -1.97. The molecule has 1 aromatic carbocycles. The van der Waals surface area contributed by atoms with Crippen molar-refractivity contribution in [3.63, 3.8) is 0 Å². The van der Waals surface area contributed by atoms with E-state index in [2.05, 4.69) is 20.1 Å². The number of benzene rings is 1. The maximum Gasteiger partial charge on any atom is 0.320 e. The Bertz CT molecular complexity index is 699. The van der Waals surface area contributed by atoms with Crippen molar-refractivity contribution in [1.82, 2.24) is 10.0 Å². The lowest BCUT2D eigenvalue weighted by Gasteiger charge is -2.22. The van der Waals surface area contributed by atoms with Crippen molar-refractivity contribution in [2.24, 2.45) is 5.92 Å². The molecule has 0 radical (unpaired) electrons. The first kappa shape index (κ1) is 18.4. The minimum atomic E-state index is -3.86. The highest BCUT2D eigenvalue weighted by Gasteiger charge is 2.22. The van der Waals surface area contributed by atoms with Gasteiger partial charge in [0.15, 0.2) is 0 Å². The van der Waals surface area contributed by atoms with Gasteiger partial charge in [-0.3, -0.25) is 9.59 Å². The van der Waals surface area contributed by atoms with Gasteiger partial charge in [0.25, 0.3) is 0 Å². The molecule has 1 aliphatic heterocycles. The SMILES string of the molecule is COC(=O)CNS(=O)(=O)c1cccc(NC(=O)C2CCCNC2)c1. The summed E-state index contributed by atoms with van der Waals surface area (Å²) in [4.78, 5) is 23.2. The van der Waals surface area contributed by atoms with Crippen LogP contribution in [0.25, 0.3) is 0 Å². The molecule has 1 unspecified atom stereocenters. The van der Waals surface area contributed by atoms with Crippen LogP contribution in [0, 0.1) is 5.92 Å². The van der Waals surface area contributed by atoms with Crippen LogP contribution in [0.1, 0.15) is 12.8 Å². The highest BCUT2D eigenvalue weighted by Crippen LogP contribution is 2.18. The van der Waals surface area contributed by atoms with Crippen LogP contribution in [0.5, 0.6) is 0 Å². The fourth-order valence-corrected chi connectivity index (χ4v) is 3.38. The van der Waals surface area contributed by atoms with Gasteiger partial charge in [-0.1, -0.05) is 6.07 Å². The average Bonchev–Trinajstić information content (AvgIpc) is 2.60. The largest absolute Gasteiger partial charge is 0.468 e. The summed E-state index contributed by atoms with van der Waals surface area (Å²) in [5.74, 6) is -0.955. The highest BCUT2D eigenvalue weighted by molar-refractivity contribution is 7.89. The molecule has 24 heavy (non-hydrogen) atoms. The Labute approximate surface area is 141 Å². The smallest absolute Gasteiger partial charge is 0.320 e. The monoisotopic (exact) mass is 355 g/mol. The van der Waals surface area contributed by atoms with Gasteiger partial charge in [-0.25, -0.2) is 8.42 Å². The minimum Gasteiger partial charge on any atom is -0.468 e. The van der Waals surface area contributed by atoms with E-state index < -0.39 is 22.5 Å². The normalized spacial score (nSPS) is 18.0. The lowest BCUT2D eigenvalue weighted by Crippen LogP contribution is -2.37. The number of esters is 1. The number of carbonyl (C=O) groups excluding carboxylic acids is 2. The second-order valence-corrected chi connectivity index (χ2v) is 7.23. The lowest BCUT2D eigenvalue weighted by atomic mass is 9.99. The quantitative estimate of drug-likeness (QED) is 0.623. The van der Waals surface area contributed by atoms with E-state index in [9.17, 15) is 18.0 Å². The zero-order chi connectivity index (χ0) is 17.6. The van der Waals surface area contributed by atoms with Gasteiger partial charge in [0.1, 0.15) is 6.54 Å². The van der Waals surface area contributed by atoms with Crippen molar-refractivity contribution in [2.45, 2.75) is 17.7 Å². The number of methoxy groups -OCH3 is 1. The van der Waals surface area contributed by atoms with Crippen molar-refractivity contribution in [3.8, 4) is 0 Å². The molecule has 1 fully saturated rings. The van der Waals surface area contributed by atoms with Gasteiger partial charge in [0, 0.05) is 12.2 Å². The number of hydrogen-bond acceptors (Lipinski definition) is 6. The van der Waals surface area contributed by atoms with Crippen LogP contribution < -0.4 is 15.4 Å². The number of nitrogens with one attached hydrogen (secondary N) is 3. The maximum atomic E-state index is 12.2. The molecule has 1 amide bonds. The molecular weight excluding hydrogens is 334 g/mol. The summed E-state index contributed by atoms with van der Waals surface area (Å²) in [5.41, 5.74) is 0.395. The third-order valence-corrected chi connectivity index (χ3v) is 5.11. The molecule has 8 nitrogen and oxygen atoms in total. The van der Waals surface area contributed by atoms with Gasteiger partial charge < -0.3 is 15.4 Å². The molecule has 1 atom stereocenters. The third-order valence-electron chi connectivity index (χ3n) is 3.71. The molecule has 9 heteroatoms. The predicted molar refractivity (Wildman–Crippen MR) is 87.9 cm³/mol. The molecule has 1 aliphatic rings. The number of ether oxygens (including phenoxy) is 1. The number of anilines is 1. The first-order chi connectivity index (χ1) is 11.4. The summed E-state index contributed by atoms with van der Waals surface area (Å²) in [6.07, 6.45) is 1.74. The summed E-state index contributed by atoms with van der Waals surface area (Å²) in [7, 11) is -2.69. The van der Waals surface area contributed by atoms with E-state index in [4.69, 9.17) is 0 Å². The molecule has 0 spiro atoms. The number of rotatable bonds is 6. The van der Waals surface area contributed by atoms with Crippen molar-refractivity contribution < 1.29 is 22.7 Å². The molecule has 0 bridgehead atoms. The Morgan fingerprint density at radius 2 is 2.17 bits per heavy atom. The summed E-state index contributed by atoms with van der Waals surface area (Å²) in [5, 5.41) is 5.90. The molecule has 2 rings (SSSR count). The van der Waals surface area contributed by atoms with Gasteiger partial charge in [-0.2, -0.15) is 4.72 Å². The Morgan fingerprint density at radius 3 is 2.83 bits per heavy atom. The van der Waals surface area contributed by atoms with Crippen molar-refractivity contribution in [3.05, 3.63) is 24.3 Å². The topological polar surface area (TPSA) is 114 Å². The molecular formula is C15H21N3O5S. The van der Waals surface area contributed by atoms with E-state index in [-0.39, 0.29) is 16.7 Å². The highest BCUT2D eigenvalue weighted by atomic mass is 32.2. The molecule has 1 heterocycles. The minimum absolute atomic E-state index is 0.0361. The molecule has 3 N–H and O–H groups in total. The second kappa shape index (κ2) is 8.22. The molecule has 0 saturated carbocycles. The van der Waals surface area contributed by atoms with Crippen LogP contribution in [0.15, 0.2) is 29.2 Å². The Kier molecular flexibility index (Phi) is 6.29. The standard InChI is InChI=1S/C15H21N3O5S/c1-23-14(19)10-17-24(21,22)13-6-2-5-12(8-13)18-15(20)11-4-3-7-16-9-11/h2,5-6,8,11,16-17H,3-4,7,9-10H2,1H3,(H,18,20). The zero-order valence-corrected chi connectivity index (χ0v) is 14.2. The second-order valence-electron chi connectivity index (χ2n) is 5.46. The summed E-state index contributed by atoms with van der Waals surface area (Å²) < 4.78 is 30.8. The van der Waals surface area contributed by atoms with Gasteiger partial charge in [-0.05, 0) is 37.6 Å². The van der Waals surface area contributed by atoms with E-state index in [0.717, 1.165) is 19.4 Å². The number of amides is 1. The van der Waals surface area contributed by atoms with Gasteiger partial charge in [-0.15, -0.1) is 0 Å². The van der Waals surface area contributed by atoms with Gasteiger partial charge in [0.05, 0.1) is 17.9 Å². The third kappa shape index (κ3) is 5.02. The molecule has 0 aromatic heterocycles. The van der Waals surface area contributed by atoms with E-state index >= 15 is 0 Å². The summed E-state index contributed by atoms with van der Waals surface area (Å²) in [6.45, 7) is 1.07. The summed E-state index contributed by atoms with van der Waals surface area (Å²) in [6, 6.07) is 5.89. The Balaban J connectivity index is 2.04. The van der Waals surface area contributed by atoms with E-state index in [1.54, 1.807) is 6.07 Å². The first-order valence-electron chi connectivity index (χ1n) is 7.60. The average molecular weight is 355 g/mol. The van der Waals surface area contributed by atoms with Crippen LogP contribution in [0.2, 0.25) is 0 Å². The molecule has 1 saturated heterocycles. The predicted octanol–water partition coefficient (Wildman–Crippen LogP) is 0.0760. The number of hydrogen-bond donors (Lipinski definition) is 3. The lowest BCUT2D eigenvalue weighted by molar-refractivity contribution is -0.139. The fraction of sp³-hybridized carbons (Fsp3) is 0.467. The van der Waals surface area contributed by atoms with Crippen LogP contribution in [-0.2, 0) is 24.3 Å². The maximum absolute atomic E-state index is 12.2. The fourth-order valence-electron chi connectivity index (χ4n) is 2.37. The van der Waals surface area contributed by atoms with Gasteiger partial charge >= 0.3 is 5.97 Å². The number of sulfonamides is 1. The van der Waals surface area contributed by atoms with Crippen LogP contribution in [-0.4, -0.2) is 47.0 Å². The molecule has 1 aromatic rings. The first-order valence-corrected chi connectivity index (χ1v) is 9.09.